The van der Waals surface area contributed by atoms with E-state index >= 15 is 0 Å². The molecular formula is C20H21N3O3. The zero-order valence-electron chi connectivity index (χ0n) is 14.8. The van der Waals surface area contributed by atoms with E-state index in [1.165, 1.54) is 0 Å². The largest absolute Gasteiger partial charge is 0.481 e. The Kier molecular flexibility index (Phi) is 5.63. The van der Waals surface area contributed by atoms with E-state index in [4.69, 9.17) is 9.26 Å². The summed E-state index contributed by atoms with van der Waals surface area (Å²) in [5, 5.41) is 6.74. The Bertz CT molecular complexity index is 844. The molecule has 0 radical (unpaired) electrons. The van der Waals surface area contributed by atoms with Crippen molar-refractivity contribution in [3.8, 4) is 17.1 Å². The van der Waals surface area contributed by atoms with E-state index in [1.54, 1.807) is 0 Å². The molecule has 1 N–H and O–H groups in total. The molecule has 1 amide bonds. The topological polar surface area (TPSA) is 77.2 Å². The number of carbonyl (C=O) groups is 1. The van der Waals surface area contributed by atoms with Crippen LogP contribution in [0.1, 0.15) is 24.8 Å². The molecule has 0 saturated heterocycles. The summed E-state index contributed by atoms with van der Waals surface area (Å²) < 4.78 is 10.9. The van der Waals surface area contributed by atoms with E-state index in [2.05, 4.69) is 15.5 Å². The van der Waals surface area contributed by atoms with Crippen molar-refractivity contribution < 1.29 is 14.1 Å². The molecule has 1 heterocycles. The molecule has 134 valence electrons. The number of rotatable bonds is 7. The highest BCUT2D eigenvalue weighted by atomic mass is 16.5. The molecule has 3 rings (SSSR count). The maximum absolute atomic E-state index is 12.3. The van der Waals surface area contributed by atoms with Gasteiger partial charge in [0.05, 0.1) is 6.54 Å². The van der Waals surface area contributed by atoms with E-state index < -0.39 is 6.10 Å². The first-order valence-electron chi connectivity index (χ1n) is 8.54. The summed E-state index contributed by atoms with van der Waals surface area (Å²) in [6.07, 6.45) is -0.0176. The van der Waals surface area contributed by atoms with Crippen LogP contribution in [0.15, 0.2) is 59.1 Å². The minimum Gasteiger partial charge on any atom is -0.481 e. The first-order chi connectivity index (χ1) is 12.7. The first kappa shape index (κ1) is 17.7. The van der Waals surface area contributed by atoms with Gasteiger partial charge in [0.2, 0.25) is 11.7 Å². The average Bonchev–Trinajstić information content (AvgIpc) is 3.14. The minimum absolute atomic E-state index is 0.159. The third-order valence-electron chi connectivity index (χ3n) is 3.88. The Balaban J connectivity index is 1.57. The van der Waals surface area contributed by atoms with Gasteiger partial charge in [0.1, 0.15) is 5.75 Å². The van der Waals surface area contributed by atoms with Crippen molar-refractivity contribution in [1.82, 2.24) is 15.5 Å². The second kappa shape index (κ2) is 8.29. The van der Waals surface area contributed by atoms with Crippen LogP contribution in [0.4, 0.5) is 0 Å². The van der Waals surface area contributed by atoms with Gasteiger partial charge in [0.15, 0.2) is 6.10 Å². The Labute approximate surface area is 152 Å². The van der Waals surface area contributed by atoms with Gasteiger partial charge >= 0.3 is 0 Å². The van der Waals surface area contributed by atoms with Crippen LogP contribution in [0.25, 0.3) is 11.4 Å². The fourth-order valence-corrected chi connectivity index (χ4v) is 2.41. The van der Waals surface area contributed by atoms with Gasteiger partial charge in [0.25, 0.3) is 5.91 Å². The number of hydrogen-bond acceptors (Lipinski definition) is 5. The smallest absolute Gasteiger partial charge is 0.261 e. The Hall–Kier alpha value is -3.15. The molecule has 3 aromatic rings. The van der Waals surface area contributed by atoms with Crippen LogP contribution < -0.4 is 10.1 Å². The number of carbonyl (C=O) groups excluding carboxylic acids is 1. The summed E-state index contributed by atoms with van der Waals surface area (Å²) in [5.41, 5.74) is 2.03. The van der Waals surface area contributed by atoms with Crippen molar-refractivity contribution in [3.63, 3.8) is 0 Å². The first-order valence-corrected chi connectivity index (χ1v) is 8.54. The minimum atomic E-state index is -0.572. The van der Waals surface area contributed by atoms with Gasteiger partial charge in [0, 0.05) is 5.56 Å². The highest BCUT2D eigenvalue weighted by Crippen LogP contribution is 2.16. The Morgan fingerprint density at radius 2 is 1.88 bits per heavy atom. The molecule has 0 saturated carbocycles. The number of aryl methyl sites for hydroxylation is 1. The van der Waals surface area contributed by atoms with Gasteiger partial charge in [-0.25, -0.2) is 0 Å². The summed E-state index contributed by atoms with van der Waals surface area (Å²) in [6.45, 7) is 4.07. The summed E-state index contributed by atoms with van der Waals surface area (Å²) >= 11 is 0. The van der Waals surface area contributed by atoms with Crippen molar-refractivity contribution in [3.05, 3.63) is 66.1 Å². The fraction of sp³-hybridized carbons (Fsp3) is 0.250. The SMILES string of the molecule is CC[C@@H](Oc1ccccc1)C(=O)NCc1nc(-c2ccc(C)cc2)no1. The molecule has 6 nitrogen and oxygen atoms in total. The predicted molar refractivity (Wildman–Crippen MR) is 97.5 cm³/mol. The Morgan fingerprint density at radius 3 is 2.58 bits per heavy atom. The molecule has 0 unspecified atom stereocenters. The zero-order chi connectivity index (χ0) is 18.4. The predicted octanol–water partition coefficient (Wildman–Crippen LogP) is 3.52. The van der Waals surface area contributed by atoms with Crippen LogP contribution in [0.5, 0.6) is 5.75 Å². The molecule has 0 bridgehead atoms. The lowest BCUT2D eigenvalue weighted by Gasteiger charge is -2.16. The van der Waals surface area contributed by atoms with E-state index in [1.807, 2.05) is 68.4 Å². The van der Waals surface area contributed by atoms with Crippen molar-refractivity contribution in [2.75, 3.05) is 0 Å². The molecule has 26 heavy (non-hydrogen) atoms. The maximum atomic E-state index is 12.3. The zero-order valence-corrected chi connectivity index (χ0v) is 14.8. The van der Waals surface area contributed by atoms with Crippen LogP contribution in [0, 0.1) is 6.92 Å². The number of para-hydroxylation sites is 1. The number of hydrogen-bond donors (Lipinski definition) is 1. The van der Waals surface area contributed by atoms with Crippen LogP contribution in [-0.4, -0.2) is 22.2 Å². The number of benzene rings is 2. The molecule has 1 aromatic heterocycles. The van der Waals surface area contributed by atoms with Gasteiger partial charge in [-0.05, 0) is 25.5 Å². The molecule has 0 aliphatic carbocycles. The van der Waals surface area contributed by atoms with E-state index in [0.717, 1.165) is 11.1 Å². The summed E-state index contributed by atoms with van der Waals surface area (Å²) in [5.74, 6) is 1.30. The molecule has 0 aliphatic rings. The van der Waals surface area contributed by atoms with Gasteiger partial charge in [-0.3, -0.25) is 4.79 Å². The number of nitrogens with zero attached hydrogens (tertiary/aromatic N) is 2. The standard InChI is InChI=1S/C20H21N3O3/c1-3-17(25-16-7-5-4-6-8-16)20(24)21-13-18-22-19(23-26-18)15-11-9-14(2)10-12-15/h4-12,17H,3,13H2,1-2H3,(H,21,24)/t17-/m1/s1. The highest BCUT2D eigenvalue weighted by molar-refractivity contribution is 5.80. The number of ether oxygens (including phenoxy) is 1. The average molecular weight is 351 g/mol. The van der Waals surface area contributed by atoms with Gasteiger partial charge in [-0.15, -0.1) is 0 Å². The third-order valence-corrected chi connectivity index (χ3v) is 3.88. The molecule has 0 aliphatic heterocycles. The molecule has 6 heteroatoms. The van der Waals surface area contributed by atoms with Gasteiger partial charge in [-0.1, -0.05) is 60.1 Å². The van der Waals surface area contributed by atoms with Gasteiger partial charge < -0.3 is 14.6 Å². The maximum Gasteiger partial charge on any atom is 0.261 e. The lowest BCUT2D eigenvalue weighted by atomic mass is 10.1. The van der Waals surface area contributed by atoms with Crippen LogP contribution in [0.2, 0.25) is 0 Å². The normalized spacial score (nSPS) is 11.8. The van der Waals surface area contributed by atoms with Crippen molar-refractivity contribution in [2.24, 2.45) is 0 Å². The highest BCUT2D eigenvalue weighted by Gasteiger charge is 2.19. The monoisotopic (exact) mass is 351 g/mol. The van der Waals surface area contributed by atoms with Gasteiger partial charge in [-0.2, -0.15) is 4.98 Å². The van der Waals surface area contributed by atoms with E-state index in [0.29, 0.717) is 23.9 Å². The summed E-state index contributed by atoms with van der Waals surface area (Å²) in [6, 6.07) is 17.1. The quantitative estimate of drug-likeness (QED) is 0.705. The number of aromatic nitrogens is 2. The molecule has 0 spiro atoms. The molecule has 0 fully saturated rings. The second-order valence-electron chi connectivity index (χ2n) is 5.92. The summed E-state index contributed by atoms with van der Waals surface area (Å²) in [4.78, 5) is 16.7. The van der Waals surface area contributed by atoms with Crippen LogP contribution >= 0.6 is 0 Å². The molecule has 1 atom stereocenters. The molecule has 2 aromatic carbocycles. The second-order valence-corrected chi connectivity index (χ2v) is 5.92. The van der Waals surface area contributed by atoms with Crippen LogP contribution in [0.3, 0.4) is 0 Å². The van der Waals surface area contributed by atoms with E-state index in [-0.39, 0.29) is 12.5 Å². The van der Waals surface area contributed by atoms with Crippen molar-refractivity contribution >= 4 is 5.91 Å². The fourth-order valence-electron chi connectivity index (χ4n) is 2.41. The van der Waals surface area contributed by atoms with Crippen LogP contribution in [-0.2, 0) is 11.3 Å². The molecular weight excluding hydrogens is 330 g/mol. The lowest BCUT2D eigenvalue weighted by molar-refractivity contribution is -0.128. The number of amides is 1. The number of nitrogens with one attached hydrogen (secondary N) is 1. The third kappa shape index (κ3) is 4.47. The lowest BCUT2D eigenvalue weighted by Crippen LogP contribution is -2.37. The van der Waals surface area contributed by atoms with Crippen molar-refractivity contribution in [2.45, 2.75) is 32.9 Å². The Morgan fingerprint density at radius 1 is 1.15 bits per heavy atom. The van der Waals surface area contributed by atoms with Crippen molar-refractivity contribution in [1.29, 1.82) is 0 Å². The summed E-state index contributed by atoms with van der Waals surface area (Å²) in [7, 11) is 0. The van der Waals surface area contributed by atoms with E-state index in [9.17, 15) is 4.79 Å².